The lowest BCUT2D eigenvalue weighted by atomic mass is 10.1. The first kappa shape index (κ1) is 20.9. The number of rotatable bonds is 8. The summed E-state index contributed by atoms with van der Waals surface area (Å²) in [7, 11) is -2.22. The van der Waals surface area contributed by atoms with Crippen LogP contribution in [0.4, 0.5) is 0 Å². The van der Waals surface area contributed by atoms with E-state index in [1.807, 2.05) is 6.92 Å². The zero-order valence-corrected chi connectivity index (χ0v) is 16.7. The summed E-state index contributed by atoms with van der Waals surface area (Å²) < 4.78 is 31.4. The number of hydrogen-bond acceptors (Lipinski definition) is 6. The summed E-state index contributed by atoms with van der Waals surface area (Å²) in [5.74, 6) is -1.05. The molecule has 1 aromatic carbocycles. The highest BCUT2D eigenvalue weighted by Gasteiger charge is 2.31. The van der Waals surface area contributed by atoms with Crippen LogP contribution in [0.25, 0.3) is 0 Å². The Hall–Kier alpha value is -2.39. The average Bonchev–Trinajstić information content (AvgIpc) is 3.22. The number of amides is 2. The van der Waals surface area contributed by atoms with Gasteiger partial charge >= 0.3 is 11.8 Å². The quantitative estimate of drug-likeness (QED) is 0.648. The van der Waals surface area contributed by atoms with E-state index in [1.54, 1.807) is 35.7 Å². The monoisotopic (exact) mass is 410 g/mol. The summed E-state index contributed by atoms with van der Waals surface area (Å²) in [5.41, 5.74) is 0.499. The predicted octanol–water partition coefficient (Wildman–Crippen LogP) is 1.91. The molecule has 7 nitrogen and oxygen atoms in total. The van der Waals surface area contributed by atoms with E-state index in [4.69, 9.17) is 4.74 Å². The van der Waals surface area contributed by atoms with Crippen molar-refractivity contribution in [3.8, 4) is 5.75 Å². The number of ether oxygens (including phenoxy) is 1. The van der Waals surface area contributed by atoms with Gasteiger partial charge in [0.15, 0.2) is 9.84 Å². The van der Waals surface area contributed by atoms with E-state index >= 15 is 0 Å². The van der Waals surface area contributed by atoms with Gasteiger partial charge in [-0.15, -0.1) is 11.3 Å². The van der Waals surface area contributed by atoms with Gasteiger partial charge in [-0.2, -0.15) is 0 Å². The molecule has 0 radical (unpaired) electrons. The Morgan fingerprint density at radius 2 is 1.78 bits per heavy atom. The number of carbonyl (C=O) groups is 2. The van der Waals surface area contributed by atoms with Gasteiger partial charge in [-0.25, -0.2) is 8.42 Å². The van der Waals surface area contributed by atoms with Gasteiger partial charge in [0.1, 0.15) is 15.2 Å². The molecule has 1 atom stereocenters. The minimum absolute atomic E-state index is 0.202. The summed E-state index contributed by atoms with van der Waals surface area (Å²) in [6.07, 6.45) is 0.695. The molecular formula is C18H22N2O5S2. The molecule has 1 heterocycles. The van der Waals surface area contributed by atoms with Crippen LogP contribution in [0.3, 0.4) is 0 Å². The fraction of sp³-hybridized carbons (Fsp3) is 0.333. The molecule has 27 heavy (non-hydrogen) atoms. The summed E-state index contributed by atoms with van der Waals surface area (Å²) in [6, 6.07) is 9.76. The van der Waals surface area contributed by atoms with Crippen molar-refractivity contribution < 1.29 is 22.7 Å². The number of hydrogen-bond donors (Lipinski definition) is 2. The molecule has 0 aliphatic carbocycles. The SMILES string of the molecule is CCCNC(=O)C(=O)NC[C@@H](c1ccc(OC)cc1)S(=O)(=O)c1cccs1. The first-order valence-corrected chi connectivity index (χ1v) is 10.8. The highest BCUT2D eigenvalue weighted by molar-refractivity contribution is 7.93. The number of carbonyl (C=O) groups excluding carboxylic acids is 2. The second-order valence-corrected chi connectivity index (χ2v) is 9.01. The Morgan fingerprint density at radius 3 is 2.33 bits per heavy atom. The molecule has 0 unspecified atom stereocenters. The maximum Gasteiger partial charge on any atom is 0.309 e. The van der Waals surface area contributed by atoms with Crippen molar-refractivity contribution in [3.05, 3.63) is 47.3 Å². The number of thiophene rings is 1. The van der Waals surface area contributed by atoms with E-state index in [9.17, 15) is 18.0 Å². The second-order valence-electron chi connectivity index (χ2n) is 5.70. The van der Waals surface area contributed by atoms with Crippen molar-refractivity contribution in [3.63, 3.8) is 0 Å². The number of benzene rings is 1. The molecule has 0 fully saturated rings. The van der Waals surface area contributed by atoms with E-state index in [0.29, 0.717) is 24.3 Å². The first-order valence-electron chi connectivity index (χ1n) is 8.37. The van der Waals surface area contributed by atoms with Crippen molar-refractivity contribution in [2.45, 2.75) is 22.8 Å². The lowest BCUT2D eigenvalue weighted by Crippen LogP contribution is -2.42. The van der Waals surface area contributed by atoms with E-state index in [0.717, 1.165) is 11.3 Å². The molecule has 0 spiro atoms. The van der Waals surface area contributed by atoms with Crippen molar-refractivity contribution in [1.82, 2.24) is 10.6 Å². The molecule has 0 saturated heterocycles. The Morgan fingerprint density at radius 1 is 1.11 bits per heavy atom. The van der Waals surface area contributed by atoms with Crippen LogP contribution in [0.1, 0.15) is 24.2 Å². The van der Waals surface area contributed by atoms with Crippen molar-refractivity contribution >= 4 is 33.0 Å². The van der Waals surface area contributed by atoms with Crippen LogP contribution >= 0.6 is 11.3 Å². The molecule has 0 aliphatic heterocycles. The maximum absolute atomic E-state index is 13.0. The lowest BCUT2D eigenvalue weighted by Gasteiger charge is -2.18. The second kappa shape index (κ2) is 9.52. The van der Waals surface area contributed by atoms with Gasteiger partial charge in [0.2, 0.25) is 0 Å². The minimum atomic E-state index is -3.74. The molecule has 0 saturated carbocycles. The van der Waals surface area contributed by atoms with Gasteiger partial charge in [-0.05, 0) is 35.6 Å². The van der Waals surface area contributed by atoms with Crippen molar-refractivity contribution in [1.29, 1.82) is 0 Å². The molecule has 9 heteroatoms. The number of sulfone groups is 1. The number of methoxy groups -OCH3 is 1. The molecule has 2 N–H and O–H groups in total. The maximum atomic E-state index is 13.0. The van der Waals surface area contributed by atoms with Gasteiger partial charge in [0.05, 0.1) is 7.11 Å². The van der Waals surface area contributed by atoms with Crippen LogP contribution in [0.2, 0.25) is 0 Å². The summed E-state index contributed by atoms with van der Waals surface area (Å²) in [6.45, 7) is 2.03. The molecule has 2 amide bonds. The van der Waals surface area contributed by atoms with E-state index in [1.165, 1.54) is 13.2 Å². The molecule has 2 aromatic rings. The van der Waals surface area contributed by atoms with Gasteiger partial charge < -0.3 is 15.4 Å². The standard InChI is InChI=1S/C18H22N2O5S2/c1-3-10-19-17(21)18(22)20-12-15(13-6-8-14(25-2)9-7-13)27(23,24)16-5-4-11-26-16/h4-9,11,15H,3,10,12H2,1-2H3,(H,19,21)(H,20,22)/t15-/m0/s1. The van der Waals surface area contributed by atoms with Crippen LogP contribution in [-0.2, 0) is 19.4 Å². The first-order chi connectivity index (χ1) is 12.9. The zero-order valence-electron chi connectivity index (χ0n) is 15.1. The third-order valence-corrected chi connectivity index (χ3v) is 7.36. The highest BCUT2D eigenvalue weighted by atomic mass is 32.2. The van der Waals surface area contributed by atoms with Gasteiger partial charge in [-0.1, -0.05) is 25.1 Å². The van der Waals surface area contributed by atoms with E-state index in [-0.39, 0.29) is 10.8 Å². The van der Waals surface area contributed by atoms with Gasteiger partial charge in [0, 0.05) is 13.1 Å². The minimum Gasteiger partial charge on any atom is -0.497 e. The van der Waals surface area contributed by atoms with E-state index in [2.05, 4.69) is 10.6 Å². The van der Waals surface area contributed by atoms with Crippen LogP contribution in [-0.4, -0.2) is 40.4 Å². The molecule has 0 bridgehead atoms. The lowest BCUT2D eigenvalue weighted by molar-refractivity contribution is -0.139. The third-order valence-electron chi connectivity index (χ3n) is 3.83. The summed E-state index contributed by atoms with van der Waals surface area (Å²) >= 11 is 1.11. The summed E-state index contributed by atoms with van der Waals surface area (Å²) in [4.78, 5) is 23.7. The number of nitrogens with one attached hydrogen (secondary N) is 2. The smallest absolute Gasteiger partial charge is 0.309 e. The highest BCUT2D eigenvalue weighted by Crippen LogP contribution is 2.32. The Kier molecular flexibility index (Phi) is 7.37. The Balaban J connectivity index is 2.24. The Bertz CT molecular complexity index is 862. The van der Waals surface area contributed by atoms with Crippen LogP contribution in [0, 0.1) is 0 Å². The molecule has 1 aromatic heterocycles. The van der Waals surface area contributed by atoms with E-state index < -0.39 is 26.9 Å². The molecule has 0 aliphatic rings. The molecular weight excluding hydrogens is 388 g/mol. The topological polar surface area (TPSA) is 102 Å². The van der Waals surface area contributed by atoms with Crippen LogP contribution in [0.5, 0.6) is 5.75 Å². The molecule has 146 valence electrons. The largest absolute Gasteiger partial charge is 0.497 e. The fourth-order valence-corrected chi connectivity index (χ4v) is 5.24. The van der Waals surface area contributed by atoms with Crippen molar-refractivity contribution in [2.24, 2.45) is 0 Å². The van der Waals surface area contributed by atoms with Crippen LogP contribution < -0.4 is 15.4 Å². The van der Waals surface area contributed by atoms with Gasteiger partial charge in [-0.3, -0.25) is 9.59 Å². The third kappa shape index (κ3) is 5.30. The Labute approximate surface area is 162 Å². The average molecular weight is 411 g/mol. The summed E-state index contributed by atoms with van der Waals surface area (Å²) in [5, 5.41) is 5.54. The van der Waals surface area contributed by atoms with Crippen LogP contribution in [0.15, 0.2) is 46.0 Å². The predicted molar refractivity (Wildman–Crippen MR) is 104 cm³/mol. The van der Waals surface area contributed by atoms with Gasteiger partial charge in [0.25, 0.3) is 0 Å². The zero-order chi connectivity index (χ0) is 19.9. The normalized spacial score (nSPS) is 12.2. The van der Waals surface area contributed by atoms with Crippen molar-refractivity contribution in [2.75, 3.05) is 20.2 Å². The fourth-order valence-electron chi connectivity index (χ4n) is 2.38. The molecule has 2 rings (SSSR count).